The number of aryl methyl sites for hydroxylation is 1. The second kappa shape index (κ2) is 7.44. The highest BCUT2D eigenvalue weighted by molar-refractivity contribution is 6.00. The van der Waals surface area contributed by atoms with E-state index >= 15 is 0 Å². The van der Waals surface area contributed by atoms with Gasteiger partial charge in [0.2, 0.25) is 5.91 Å². The van der Waals surface area contributed by atoms with Crippen LogP contribution in [0.15, 0.2) is 54.6 Å². The Morgan fingerprint density at radius 1 is 0.970 bits per heavy atom. The first-order chi connectivity index (χ1) is 16.1. The third-order valence-electron chi connectivity index (χ3n) is 6.27. The summed E-state index contributed by atoms with van der Waals surface area (Å²) < 4.78 is 0. The molecule has 164 valence electrons. The molecule has 2 aromatic heterocycles. The number of nitrogens with zero attached hydrogens (tertiary/aromatic N) is 5. The fourth-order valence-electron chi connectivity index (χ4n) is 4.59. The zero-order valence-electron chi connectivity index (χ0n) is 18.2. The van der Waals surface area contributed by atoms with Crippen molar-refractivity contribution in [2.45, 2.75) is 19.8 Å². The molecule has 0 unspecified atom stereocenters. The number of primary amides is 1. The number of nitrogens with two attached hydrogens (primary N) is 1. The summed E-state index contributed by atoms with van der Waals surface area (Å²) in [7, 11) is 0. The van der Waals surface area contributed by atoms with Crippen LogP contribution in [0, 0.1) is 6.92 Å². The van der Waals surface area contributed by atoms with Gasteiger partial charge in [0.25, 0.3) is 0 Å². The highest BCUT2D eigenvalue weighted by Crippen LogP contribution is 2.32. The highest BCUT2D eigenvalue weighted by Gasteiger charge is 2.20. The van der Waals surface area contributed by atoms with Crippen LogP contribution in [0.4, 0.5) is 0 Å². The van der Waals surface area contributed by atoms with Crippen molar-refractivity contribution in [3.05, 3.63) is 66.0 Å². The van der Waals surface area contributed by atoms with E-state index in [4.69, 9.17) is 10.7 Å². The molecule has 1 aliphatic heterocycles. The first-order valence-corrected chi connectivity index (χ1v) is 11.1. The van der Waals surface area contributed by atoms with E-state index in [1.54, 1.807) is 6.07 Å². The summed E-state index contributed by atoms with van der Waals surface area (Å²) in [4.78, 5) is 18.2. The summed E-state index contributed by atoms with van der Waals surface area (Å²) in [6.45, 7) is 3.91. The summed E-state index contributed by atoms with van der Waals surface area (Å²) in [6.07, 6.45) is 2.35. The Morgan fingerprint density at radius 3 is 2.55 bits per heavy atom. The lowest BCUT2D eigenvalue weighted by Gasteiger charge is -2.19. The van der Waals surface area contributed by atoms with Gasteiger partial charge in [-0.1, -0.05) is 18.2 Å². The number of hydrogen-bond donors (Lipinski definition) is 2. The van der Waals surface area contributed by atoms with E-state index in [1.807, 2.05) is 42.0 Å². The van der Waals surface area contributed by atoms with E-state index in [9.17, 15) is 4.79 Å². The van der Waals surface area contributed by atoms with Gasteiger partial charge in [0, 0.05) is 35.2 Å². The van der Waals surface area contributed by atoms with E-state index < -0.39 is 5.91 Å². The van der Waals surface area contributed by atoms with Gasteiger partial charge < -0.3 is 5.73 Å². The predicted octanol–water partition coefficient (Wildman–Crippen LogP) is 3.78. The van der Waals surface area contributed by atoms with Crippen molar-refractivity contribution < 1.29 is 4.79 Å². The molecule has 1 saturated heterocycles. The molecule has 8 nitrogen and oxygen atoms in total. The van der Waals surface area contributed by atoms with Crippen molar-refractivity contribution in [2.75, 3.05) is 18.1 Å². The number of aromatic amines is 1. The molecule has 1 aliphatic rings. The molecule has 3 aromatic carbocycles. The summed E-state index contributed by atoms with van der Waals surface area (Å²) in [5, 5.41) is 17.7. The average molecular weight is 438 g/mol. The van der Waals surface area contributed by atoms with Crippen molar-refractivity contribution in [2.24, 2.45) is 5.73 Å². The number of carbonyl (C=O) groups is 1. The van der Waals surface area contributed by atoms with Gasteiger partial charge in [0.15, 0.2) is 5.82 Å². The lowest BCUT2D eigenvalue weighted by Crippen LogP contribution is -2.33. The number of benzene rings is 3. The molecule has 0 radical (unpaired) electrons. The number of hydrogen-bond acceptors (Lipinski definition) is 5. The van der Waals surface area contributed by atoms with Gasteiger partial charge in [-0.15, -0.1) is 5.10 Å². The highest BCUT2D eigenvalue weighted by atomic mass is 16.1. The smallest absolute Gasteiger partial charge is 0.248 e. The van der Waals surface area contributed by atoms with E-state index in [0.717, 1.165) is 63.2 Å². The minimum Gasteiger partial charge on any atom is -0.366 e. The summed E-state index contributed by atoms with van der Waals surface area (Å²) in [6, 6.07) is 17.8. The number of fused-ring (bicyclic) bond motifs is 2. The van der Waals surface area contributed by atoms with Crippen LogP contribution in [0.25, 0.3) is 44.3 Å². The molecule has 0 atom stereocenters. The first-order valence-electron chi connectivity index (χ1n) is 11.1. The number of carbonyl (C=O) groups excluding carboxylic acids is 1. The maximum absolute atomic E-state index is 11.5. The van der Waals surface area contributed by atoms with E-state index in [1.165, 1.54) is 12.8 Å². The van der Waals surface area contributed by atoms with Crippen LogP contribution in [0.1, 0.15) is 29.0 Å². The van der Waals surface area contributed by atoms with Crippen LogP contribution in [0.3, 0.4) is 0 Å². The molecular weight excluding hydrogens is 414 g/mol. The van der Waals surface area contributed by atoms with Gasteiger partial charge in [-0.3, -0.25) is 14.9 Å². The van der Waals surface area contributed by atoms with Gasteiger partial charge >= 0.3 is 0 Å². The minimum absolute atomic E-state index is 0.427. The zero-order valence-corrected chi connectivity index (χ0v) is 18.2. The molecule has 0 aliphatic carbocycles. The van der Waals surface area contributed by atoms with Crippen LogP contribution in [-0.4, -0.2) is 44.1 Å². The van der Waals surface area contributed by atoms with E-state index in [0.29, 0.717) is 5.56 Å². The summed E-state index contributed by atoms with van der Waals surface area (Å²) in [5.74, 6) is 1.18. The van der Waals surface area contributed by atoms with Crippen LogP contribution in [0.2, 0.25) is 0 Å². The Kier molecular flexibility index (Phi) is 4.39. The molecule has 5 aromatic rings. The SMILES string of the molecule is Cc1nc(-c2ccc3[nH]nc(-c4ccc5cc(C(N)=O)ccc5c4)c3c2)n(N2CCCC2)n1. The number of rotatable bonds is 4. The first kappa shape index (κ1) is 19.5. The largest absolute Gasteiger partial charge is 0.366 e. The van der Waals surface area contributed by atoms with Gasteiger partial charge in [-0.2, -0.15) is 9.89 Å². The molecule has 3 heterocycles. The lowest BCUT2D eigenvalue weighted by molar-refractivity contribution is 0.100. The lowest BCUT2D eigenvalue weighted by atomic mass is 10.0. The van der Waals surface area contributed by atoms with E-state index in [2.05, 4.69) is 38.5 Å². The normalized spacial score (nSPS) is 13.9. The van der Waals surface area contributed by atoms with Gasteiger partial charge in [0.1, 0.15) is 5.82 Å². The monoisotopic (exact) mass is 437 g/mol. The van der Waals surface area contributed by atoms with Gasteiger partial charge in [-0.05, 0) is 66.9 Å². The average Bonchev–Trinajstić information content (AvgIpc) is 3.57. The van der Waals surface area contributed by atoms with Crippen LogP contribution < -0.4 is 10.7 Å². The predicted molar refractivity (Wildman–Crippen MR) is 128 cm³/mol. The Labute approximate surface area is 190 Å². The molecule has 3 N–H and O–H groups in total. The van der Waals surface area contributed by atoms with E-state index in [-0.39, 0.29) is 0 Å². The minimum atomic E-state index is -0.427. The second-order valence-corrected chi connectivity index (χ2v) is 8.51. The molecule has 0 saturated carbocycles. The number of amides is 1. The molecule has 1 fully saturated rings. The summed E-state index contributed by atoms with van der Waals surface area (Å²) >= 11 is 0. The second-order valence-electron chi connectivity index (χ2n) is 8.51. The molecule has 33 heavy (non-hydrogen) atoms. The standard InChI is InChI=1S/C25H23N7O/c1-15-27-25(32(30-15)31-10-2-3-11-31)20-8-9-22-21(14-20)23(29-28-22)18-6-4-17-13-19(24(26)33)7-5-16(17)12-18/h4-9,12-14H,2-3,10-11H2,1H3,(H2,26,33)(H,28,29). The Bertz CT molecular complexity index is 1520. The third kappa shape index (κ3) is 3.31. The topological polar surface area (TPSA) is 106 Å². The van der Waals surface area contributed by atoms with Gasteiger partial charge in [0.05, 0.1) is 11.2 Å². The molecule has 8 heteroatoms. The maximum atomic E-state index is 11.5. The molecule has 6 rings (SSSR count). The Hall–Kier alpha value is -4.20. The van der Waals surface area contributed by atoms with Crippen LogP contribution in [0.5, 0.6) is 0 Å². The summed E-state index contributed by atoms with van der Waals surface area (Å²) in [5.41, 5.74) is 9.75. The van der Waals surface area contributed by atoms with Crippen molar-refractivity contribution >= 4 is 27.6 Å². The van der Waals surface area contributed by atoms with Gasteiger partial charge in [-0.25, -0.2) is 4.98 Å². The molecule has 1 amide bonds. The quantitative estimate of drug-likeness (QED) is 0.445. The molecule has 0 bridgehead atoms. The molecule has 0 spiro atoms. The van der Waals surface area contributed by atoms with Crippen LogP contribution >= 0.6 is 0 Å². The molecular formula is C25H23N7O. The Morgan fingerprint density at radius 2 is 1.73 bits per heavy atom. The zero-order chi connectivity index (χ0) is 22.5. The maximum Gasteiger partial charge on any atom is 0.248 e. The fraction of sp³-hybridized carbons (Fsp3) is 0.200. The number of aromatic nitrogens is 5. The van der Waals surface area contributed by atoms with Crippen molar-refractivity contribution in [1.29, 1.82) is 0 Å². The fourth-order valence-corrected chi connectivity index (χ4v) is 4.59. The third-order valence-corrected chi connectivity index (χ3v) is 6.27. The van der Waals surface area contributed by atoms with Crippen molar-refractivity contribution in [3.63, 3.8) is 0 Å². The number of H-pyrrole nitrogens is 1. The van der Waals surface area contributed by atoms with Crippen molar-refractivity contribution in [3.8, 4) is 22.6 Å². The number of nitrogens with one attached hydrogen (secondary N) is 1. The van der Waals surface area contributed by atoms with Crippen LogP contribution in [-0.2, 0) is 0 Å². The Balaban J connectivity index is 1.45. The van der Waals surface area contributed by atoms with Crippen molar-refractivity contribution in [1.82, 2.24) is 25.1 Å².